The largest absolute Gasteiger partial charge is 0.473 e. The Labute approximate surface area is 90.3 Å². The van der Waals surface area contributed by atoms with Gasteiger partial charge in [0.1, 0.15) is 0 Å². The first-order valence-corrected chi connectivity index (χ1v) is 5.78. The third kappa shape index (κ3) is 1.63. The van der Waals surface area contributed by atoms with Crippen molar-refractivity contribution >= 4 is 0 Å². The minimum atomic E-state index is 0.390. The highest BCUT2D eigenvalue weighted by Crippen LogP contribution is 2.37. The van der Waals surface area contributed by atoms with E-state index in [0.29, 0.717) is 12.0 Å². The first kappa shape index (κ1) is 9.22. The third-order valence-electron chi connectivity index (χ3n) is 3.51. The number of hydrogen-bond acceptors (Lipinski definition) is 2. The molecule has 2 nitrogen and oxygen atoms in total. The standard InChI is InChI=1S/C13H16O2/c1-2-4-13-12(3-1)11-6-8-14-7-5-10(11)9-15-13/h5-8,10,13H,1-4,9H2. The highest BCUT2D eigenvalue weighted by atomic mass is 16.5. The van der Waals surface area contributed by atoms with Crippen LogP contribution in [0.5, 0.6) is 0 Å². The van der Waals surface area contributed by atoms with Gasteiger partial charge in [-0.05, 0) is 42.6 Å². The van der Waals surface area contributed by atoms with Gasteiger partial charge in [-0.25, -0.2) is 0 Å². The lowest BCUT2D eigenvalue weighted by molar-refractivity contribution is 0.0367. The molecule has 15 heavy (non-hydrogen) atoms. The smallest absolute Gasteiger partial charge is 0.0904 e. The van der Waals surface area contributed by atoms with E-state index in [4.69, 9.17) is 9.47 Å². The lowest BCUT2D eigenvalue weighted by Gasteiger charge is -2.34. The maximum Gasteiger partial charge on any atom is 0.0904 e. The average Bonchev–Trinajstić information content (AvgIpc) is 2.54. The molecule has 1 saturated carbocycles. The van der Waals surface area contributed by atoms with Crippen LogP contribution in [-0.4, -0.2) is 12.7 Å². The van der Waals surface area contributed by atoms with Crippen LogP contribution < -0.4 is 0 Å². The number of ether oxygens (including phenoxy) is 2. The van der Waals surface area contributed by atoms with Crippen molar-refractivity contribution in [3.63, 3.8) is 0 Å². The van der Waals surface area contributed by atoms with Crippen LogP contribution in [0.4, 0.5) is 0 Å². The van der Waals surface area contributed by atoms with Gasteiger partial charge in [-0.15, -0.1) is 0 Å². The Morgan fingerprint density at radius 2 is 2.20 bits per heavy atom. The topological polar surface area (TPSA) is 18.5 Å². The zero-order valence-electron chi connectivity index (χ0n) is 8.82. The first-order valence-electron chi connectivity index (χ1n) is 5.78. The molecule has 0 aromatic carbocycles. The minimum absolute atomic E-state index is 0.390. The van der Waals surface area contributed by atoms with E-state index in [9.17, 15) is 0 Å². The molecule has 1 aliphatic carbocycles. The van der Waals surface area contributed by atoms with Crippen molar-refractivity contribution in [1.29, 1.82) is 0 Å². The van der Waals surface area contributed by atoms with Gasteiger partial charge in [0.25, 0.3) is 0 Å². The van der Waals surface area contributed by atoms with Gasteiger partial charge in [-0.2, -0.15) is 0 Å². The molecule has 3 rings (SSSR count). The van der Waals surface area contributed by atoms with E-state index in [-0.39, 0.29) is 0 Å². The van der Waals surface area contributed by atoms with Gasteiger partial charge < -0.3 is 9.47 Å². The Bertz CT molecular complexity index is 338. The van der Waals surface area contributed by atoms with Gasteiger partial charge in [0.15, 0.2) is 0 Å². The Hall–Kier alpha value is -1.02. The van der Waals surface area contributed by atoms with Gasteiger partial charge in [-0.3, -0.25) is 0 Å². The lowest BCUT2D eigenvalue weighted by atomic mass is 9.82. The molecule has 0 aromatic rings. The second kappa shape index (κ2) is 3.86. The molecular formula is C13H16O2. The van der Waals surface area contributed by atoms with Crippen molar-refractivity contribution in [3.8, 4) is 0 Å². The number of fused-ring (bicyclic) bond motifs is 2. The molecule has 3 aliphatic rings. The van der Waals surface area contributed by atoms with Crippen molar-refractivity contribution < 1.29 is 9.47 Å². The quantitative estimate of drug-likeness (QED) is 0.604. The summed E-state index contributed by atoms with van der Waals surface area (Å²) in [5.74, 6) is 0.410. The predicted molar refractivity (Wildman–Crippen MR) is 58.1 cm³/mol. The highest BCUT2D eigenvalue weighted by Gasteiger charge is 2.30. The summed E-state index contributed by atoms with van der Waals surface area (Å²) < 4.78 is 11.1. The van der Waals surface area contributed by atoms with Crippen molar-refractivity contribution in [1.82, 2.24) is 0 Å². The first-order chi connectivity index (χ1) is 7.45. The van der Waals surface area contributed by atoms with Crippen LogP contribution in [0, 0.1) is 5.92 Å². The molecule has 2 atom stereocenters. The Balaban J connectivity index is 2.00. The summed E-state index contributed by atoms with van der Waals surface area (Å²) >= 11 is 0. The van der Waals surface area contributed by atoms with E-state index in [0.717, 1.165) is 6.61 Å². The van der Waals surface area contributed by atoms with E-state index in [2.05, 4.69) is 12.2 Å². The Morgan fingerprint density at radius 3 is 3.20 bits per heavy atom. The Kier molecular flexibility index (Phi) is 2.37. The molecule has 0 N–H and O–H groups in total. The summed E-state index contributed by atoms with van der Waals surface area (Å²) in [5.41, 5.74) is 2.96. The fourth-order valence-corrected chi connectivity index (χ4v) is 2.73. The molecule has 0 spiro atoms. The van der Waals surface area contributed by atoms with Crippen LogP contribution in [-0.2, 0) is 9.47 Å². The normalized spacial score (nSPS) is 34.1. The van der Waals surface area contributed by atoms with Crippen molar-refractivity contribution in [3.05, 3.63) is 35.8 Å². The zero-order valence-corrected chi connectivity index (χ0v) is 8.82. The van der Waals surface area contributed by atoms with Gasteiger partial charge in [0, 0.05) is 5.92 Å². The monoisotopic (exact) mass is 204 g/mol. The summed E-state index contributed by atoms with van der Waals surface area (Å²) in [6, 6.07) is 0. The number of hydrogen-bond donors (Lipinski definition) is 0. The van der Waals surface area contributed by atoms with Crippen LogP contribution in [0.1, 0.15) is 25.7 Å². The molecule has 0 saturated heterocycles. The summed E-state index contributed by atoms with van der Waals surface area (Å²) in [6.45, 7) is 0.813. The van der Waals surface area contributed by atoms with Gasteiger partial charge in [-0.1, -0.05) is 6.42 Å². The molecule has 0 bridgehead atoms. The van der Waals surface area contributed by atoms with Crippen LogP contribution in [0.2, 0.25) is 0 Å². The fraction of sp³-hybridized carbons (Fsp3) is 0.538. The van der Waals surface area contributed by atoms with E-state index >= 15 is 0 Å². The minimum Gasteiger partial charge on any atom is -0.473 e. The maximum atomic E-state index is 5.91. The van der Waals surface area contributed by atoms with Gasteiger partial charge in [0.2, 0.25) is 0 Å². The molecule has 80 valence electrons. The molecule has 2 unspecified atom stereocenters. The summed E-state index contributed by atoms with van der Waals surface area (Å²) in [4.78, 5) is 0. The van der Waals surface area contributed by atoms with Crippen LogP contribution >= 0.6 is 0 Å². The fourth-order valence-electron chi connectivity index (χ4n) is 2.73. The number of rotatable bonds is 0. The molecule has 0 amide bonds. The van der Waals surface area contributed by atoms with Crippen molar-refractivity contribution in [2.45, 2.75) is 31.8 Å². The van der Waals surface area contributed by atoms with Crippen LogP contribution in [0.25, 0.3) is 0 Å². The number of allylic oxidation sites excluding steroid dienone is 1. The predicted octanol–water partition coefficient (Wildman–Crippen LogP) is 2.93. The van der Waals surface area contributed by atoms with Gasteiger partial charge >= 0.3 is 0 Å². The highest BCUT2D eigenvalue weighted by molar-refractivity contribution is 5.36. The van der Waals surface area contributed by atoms with E-state index < -0.39 is 0 Å². The zero-order chi connectivity index (χ0) is 10.1. The molecule has 0 aromatic heterocycles. The van der Waals surface area contributed by atoms with Gasteiger partial charge in [0.05, 0.1) is 25.2 Å². The summed E-state index contributed by atoms with van der Waals surface area (Å²) in [5, 5.41) is 0. The SMILES string of the molecule is C1=CC2=C3CCCCC3OCC2C=CO1. The summed E-state index contributed by atoms with van der Waals surface area (Å²) in [6.07, 6.45) is 13.2. The molecular weight excluding hydrogens is 188 g/mol. The molecule has 0 radical (unpaired) electrons. The molecule has 2 heterocycles. The van der Waals surface area contributed by atoms with E-state index in [1.807, 2.05) is 0 Å². The lowest BCUT2D eigenvalue weighted by Crippen LogP contribution is -2.30. The van der Waals surface area contributed by atoms with Crippen molar-refractivity contribution in [2.75, 3.05) is 6.61 Å². The van der Waals surface area contributed by atoms with Crippen molar-refractivity contribution in [2.24, 2.45) is 5.92 Å². The average molecular weight is 204 g/mol. The third-order valence-corrected chi connectivity index (χ3v) is 3.51. The maximum absolute atomic E-state index is 5.91. The molecule has 1 fully saturated rings. The Morgan fingerprint density at radius 1 is 1.20 bits per heavy atom. The second-order valence-corrected chi connectivity index (χ2v) is 4.42. The molecule has 2 heteroatoms. The van der Waals surface area contributed by atoms with Crippen LogP contribution in [0.15, 0.2) is 35.8 Å². The summed E-state index contributed by atoms with van der Waals surface area (Å²) in [7, 11) is 0. The van der Waals surface area contributed by atoms with E-state index in [1.165, 1.54) is 36.8 Å². The van der Waals surface area contributed by atoms with Crippen LogP contribution in [0.3, 0.4) is 0 Å². The second-order valence-electron chi connectivity index (χ2n) is 4.42. The van der Waals surface area contributed by atoms with E-state index in [1.54, 1.807) is 12.5 Å². The molecule has 2 aliphatic heterocycles.